The molecule has 5 rings (SSSR count). The highest BCUT2D eigenvalue weighted by atomic mass is 16.3. The number of piperidine rings is 1. The van der Waals surface area contributed by atoms with Crippen LogP contribution in [0.2, 0.25) is 0 Å². The quantitative estimate of drug-likeness (QED) is 0.291. The van der Waals surface area contributed by atoms with Gasteiger partial charge in [0.15, 0.2) is 5.82 Å². The van der Waals surface area contributed by atoms with Gasteiger partial charge < -0.3 is 21.5 Å². The van der Waals surface area contributed by atoms with Crippen LogP contribution in [0.1, 0.15) is 56.1 Å². The molecule has 5 N–H and O–H groups in total. The van der Waals surface area contributed by atoms with Crippen molar-refractivity contribution in [2.75, 3.05) is 30.7 Å². The average Bonchev–Trinajstić information content (AvgIpc) is 3.27. The standard InChI is InChI=1S/C26H34N8O/c1-2-4-19(10-14-35)31-25-24-22(32-26(27)33-25)15-30-34(24)16-18-6-7-20(17-8-12-28-13-9-17)21-5-3-11-29-23(18)21/h3,5-7,11,15,17,19,28,35H,2,4,8-10,12-14,16H2,1H3,(H3,27,31,32,33)/t19-/m0/s1. The van der Waals surface area contributed by atoms with Crippen LogP contribution in [0.15, 0.2) is 36.7 Å². The number of benzene rings is 1. The fourth-order valence-corrected chi connectivity index (χ4v) is 5.25. The molecule has 0 amide bonds. The summed E-state index contributed by atoms with van der Waals surface area (Å²) in [4.78, 5) is 13.7. The Morgan fingerprint density at radius 1 is 1.20 bits per heavy atom. The molecule has 1 aliphatic rings. The fraction of sp³-hybridized carbons (Fsp3) is 0.462. The van der Waals surface area contributed by atoms with Gasteiger partial charge in [-0.15, -0.1) is 0 Å². The number of nitrogens with one attached hydrogen (secondary N) is 2. The highest BCUT2D eigenvalue weighted by Gasteiger charge is 2.20. The lowest BCUT2D eigenvalue weighted by atomic mass is 9.87. The minimum absolute atomic E-state index is 0.0950. The first-order valence-electron chi connectivity index (χ1n) is 12.6. The Hall–Kier alpha value is -3.30. The summed E-state index contributed by atoms with van der Waals surface area (Å²) in [5.74, 6) is 1.41. The molecule has 1 saturated heterocycles. The normalized spacial score (nSPS) is 15.6. The summed E-state index contributed by atoms with van der Waals surface area (Å²) in [6.07, 6.45) is 8.45. The Bertz CT molecular complexity index is 1290. The monoisotopic (exact) mass is 474 g/mol. The first-order valence-corrected chi connectivity index (χ1v) is 12.6. The number of aliphatic hydroxyl groups is 1. The number of pyridine rings is 1. The molecular formula is C26H34N8O. The SMILES string of the molecule is CCC[C@@H](CCO)Nc1nc(N)nc2cnn(Cc3ccc(C4CCNCC4)c4cccnc34)c12. The van der Waals surface area contributed by atoms with Crippen molar-refractivity contribution < 1.29 is 5.11 Å². The molecule has 0 radical (unpaired) electrons. The molecule has 0 aliphatic carbocycles. The van der Waals surface area contributed by atoms with Gasteiger partial charge in [-0.1, -0.05) is 31.5 Å². The molecule has 9 nitrogen and oxygen atoms in total. The number of hydrogen-bond acceptors (Lipinski definition) is 8. The molecule has 0 bridgehead atoms. The summed E-state index contributed by atoms with van der Waals surface area (Å²) in [6, 6.07) is 8.77. The third-order valence-electron chi connectivity index (χ3n) is 6.95. The van der Waals surface area contributed by atoms with E-state index in [1.54, 1.807) is 6.20 Å². The van der Waals surface area contributed by atoms with Crippen molar-refractivity contribution in [1.29, 1.82) is 0 Å². The molecule has 0 unspecified atom stereocenters. The van der Waals surface area contributed by atoms with E-state index in [4.69, 9.17) is 10.7 Å². The largest absolute Gasteiger partial charge is 0.396 e. The second-order valence-electron chi connectivity index (χ2n) is 9.35. The summed E-state index contributed by atoms with van der Waals surface area (Å²) in [5.41, 5.74) is 11.0. The molecule has 0 saturated carbocycles. The molecule has 4 heterocycles. The Morgan fingerprint density at radius 2 is 2.06 bits per heavy atom. The predicted molar refractivity (Wildman–Crippen MR) is 139 cm³/mol. The molecule has 1 atom stereocenters. The first kappa shape index (κ1) is 23.4. The summed E-state index contributed by atoms with van der Waals surface area (Å²) in [7, 11) is 0. The molecule has 3 aromatic heterocycles. The molecule has 9 heteroatoms. The van der Waals surface area contributed by atoms with Gasteiger partial charge in [0.25, 0.3) is 0 Å². The Labute approximate surface area is 205 Å². The highest BCUT2D eigenvalue weighted by molar-refractivity contribution is 5.88. The van der Waals surface area contributed by atoms with E-state index in [9.17, 15) is 5.11 Å². The van der Waals surface area contributed by atoms with Crippen LogP contribution in [-0.2, 0) is 6.54 Å². The zero-order valence-electron chi connectivity index (χ0n) is 20.2. The van der Waals surface area contributed by atoms with Gasteiger partial charge in [0, 0.05) is 24.2 Å². The molecule has 184 valence electrons. The third kappa shape index (κ3) is 4.92. The summed E-state index contributed by atoms with van der Waals surface area (Å²) >= 11 is 0. The Balaban J connectivity index is 1.53. The van der Waals surface area contributed by atoms with Crippen LogP contribution < -0.4 is 16.4 Å². The first-order chi connectivity index (χ1) is 17.2. The van der Waals surface area contributed by atoms with Gasteiger partial charge in [0.1, 0.15) is 11.0 Å². The lowest BCUT2D eigenvalue weighted by Gasteiger charge is -2.24. The summed E-state index contributed by atoms with van der Waals surface area (Å²) in [5, 5.41) is 22.3. The molecule has 0 spiro atoms. The average molecular weight is 475 g/mol. The zero-order valence-corrected chi connectivity index (χ0v) is 20.2. The number of fused-ring (bicyclic) bond motifs is 2. The van der Waals surface area contributed by atoms with E-state index in [2.05, 4.69) is 50.8 Å². The van der Waals surface area contributed by atoms with Crippen LogP contribution in [0.4, 0.5) is 11.8 Å². The topological polar surface area (TPSA) is 127 Å². The maximum atomic E-state index is 9.51. The van der Waals surface area contributed by atoms with Gasteiger partial charge >= 0.3 is 0 Å². The van der Waals surface area contributed by atoms with E-state index < -0.39 is 0 Å². The fourth-order valence-electron chi connectivity index (χ4n) is 5.25. The van der Waals surface area contributed by atoms with Crippen molar-refractivity contribution in [1.82, 2.24) is 30.0 Å². The number of nitrogen functional groups attached to an aromatic ring is 1. The summed E-state index contributed by atoms with van der Waals surface area (Å²) < 4.78 is 1.92. The van der Waals surface area contributed by atoms with Gasteiger partial charge in [-0.2, -0.15) is 10.1 Å². The van der Waals surface area contributed by atoms with Crippen molar-refractivity contribution >= 4 is 33.7 Å². The van der Waals surface area contributed by atoms with Gasteiger partial charge in [0.05, 0.1) is 18.3 Å². The van der Waals surface area contributed by atoms with Crippen molar-refractivity contribution in [3.63, 3.8) is 0 Å². The van der Waals surface area contributed by atoms with Crippen LogP contribution >= 0.6 is 0 Å². The van der Waals surface area contributed by atoms with E-state index in [0.29, 0.717) is 30.2 Å². The van der Waals surface area contributed by atoms with Crippen LogP contribution in [0, 0.1) is 0 Å². The zero-order chi connectivity index (χ0) is 24.2. The second-order valence-corrected chi connectivity index (χ2v) is 9.35. The maximum absolute atomic E-state index is 9.51. The van der Waals surface area contributed by atoms with E-state index >= 15 is 0 Å². The number of aromatic nitrogens is 5. The van der Waals surface area contributed by atoms with E-state index in [1.165, 1.54) is 10.9 Å². The number of hydrogen-bond donors (Lipinski definition) is 4. The molecular weight excluding hydrogens is 440 g/mol. The predicted octanol–water partition coefficient (Wildman–Crippen LogP) is 3.44. The van der Waals surface area contributed by atoms with Gasteiger partial charge in [-0.25, -0.2) is 4.98 Å². The third-order valence-corrected chi connectivity index (χ3v) is 6.95. The number of anilines is 2. The number of nitrogens with zero attached hydrogens (tertiary/aromatic N) is 5. The Morgan fingerprint density at radius 3 is 2.86 bits per heavy atom. The highest BCUT2D eigenvalue weighted by Crippen LogP contribution is 2.33. The smallest absolute Gasteiger partial charge is 0.222 e. The van der Waals surface area contributed by atoms with Crippen molar-refractivity contribution in [3.8, 4) is 0 Å². The van der Waals surface area contributed by atoms with Crippen molar-refractivity contribution in [3.05, 3.63) is 47.8 Å². The van der Waals surface area contributed by atoms with Gasteiger partial charge in [-0.3, -0.25) is 9.67 Å². The lowest BCUT2D eigenvalue weighted by Crippen LogP contribution is -2.26. The van der Waals surface area contributed by atoms with Crippen molar-refractivity contribution in [2.45, 2.75) is 57.5 Å². The van der Waals surface area contributed by atoms with E-state index in [0.717, 1.165) is 55.4 Å². The minimum atomic E-state index is 0.0950. The lowest BCUT2D eigenvalue weighted by molar-refractivity contribution is 0.276. The molecule has 1 aromatic carbocycles. The minimum Gasteiger partial charge on any atom is -0.396 e. The van der Waals surface area contributed by atoms with Gasteiger partial charge in [0.2, 0.25) is 5.95 Å². The van der Waals surface area contributed by atoms with E-state index in [-0.39, 0.29) is 18.6 Å². The molecule has 4 aromatic rings. The van der Waals surface area contributed by atoms with Gasteiger partial charge in [-0.05, 0) is 61.9 Å². The number of rotatable bonds is 9. The van der Waals surface area contributed by atoms with E-state index in [1.807, 2.05) is 16.9 Å². The maximum Gasteiger partial charge on any atom is 0.222 e. The van der Waals surface area contributed by atoms with Crippen LogP contribution in [0.25, 0.3) is 21.9 Å². The van der Waals surface area contributed by atoms with Crippen LogP contribution in [0.5, 0.6) is 0 Å². The second kappa shape index (κ2) is 10.5. The number of aliphatic hydroxyl groups excluding tert-OH is 1. The molecule has 1 fully saturated rings. The van der Waals surface area contributed by atoms with Crippen LogP contribution in [-0.4, -0.2) is 55.6 Å². The number of nitrogens with two attached hydrogens (primary N) is 1. The molecule has 1 aliphatic heterocycles. The van der Waals surface area contributed by atoms with Crippen LogP contribution in [0.3, 0.4) is 0 Å². The molecule has 35 heavy (non-hydrogen) atoms. The Kier molecular flexibility index (Phi) is 7.06. The van der Waals surface area contributed by atoms with Crippen molar-refractivity contribution in [2.24, 2.45) is 0 Å². The summed E-state index contributed by atoms with van der Waals surface area (Å²) in [6.45, 7) is 4.90.